The van der Waals surface area contributed by atoms with Gasteiger partial charge >= 0.3 is 0 Å². The summed E-state index contributed by atoms with van der Waals surface area (Å²) in [7, 11) is -3.76. The van der Waals surface area contributed by atoms with E-state index in [0.29, 0.717) is 38.0 Å². The average molecular weight is 430 g/mol. The summed E-state index contributed by atoms with van der Waals surface area (Å²) in [5, 5.41) is 7.89. The second-order valence-electron chi connectivity index (χ2n) is 7.73. The van der Waals surface area contributed by atoms with Gasteiger partial charge < -0.3 is 10.2 Å². The van der Waals surface area contributed by atoms with Crippen molar-refractivity contribution in [2.75, 3.05) is 18.4 Å². The Balaban J connectivity index is 1.48. The lowest BCUT2D eigenvalue weighted by Gasteiger charge is -2.32. The van der Waals surface area contributed by atoms with Gasteiger partial charge in [-0.15, -0.1) is 0 Å². The van der Waals surface area contributed by atoms with E-state index in [1.54, 1.807) is 0 Å². The first-order valence-electron chi connectivity index (χ1n) is 10.0. The number of nitrogens with one attached hydrogen (secondary N) is 1. The molecule has 1 heterocycles. The minimum absolute atomic E-state index is 0.00273. The zero-order valence-corrected chi connectivity index (χ0v) is 17.8. The van der Waals surface area contributed by atoms with Crippen molar-refractivity contribution in [2.45, 2.75) is 37.0 Å². The van der Waals surface area contributed by atoms with Crippen LogP contribution in [0.1, 0.15) is 37.7 Å². The first kappa shape index (κ1) is 22.0. The number of hydrogen-bond acceptors (Lipinski definition) is 4. The summed E-state index contributed by atoms with van der Waals surface area (Å²) >= 11 is 0. The van der Waals surface area contributed by atoms with Crippen LogP contribution >= 0.6 is 0 Å². The molecule has 0 saturated carbocycles. The number of carbonyl (C=O) groups is 2. The van der Waals surface area contributed by atoms with Crippen molar-refractivity contribution >= 4 is 27.5 Å². The Bertz CT molecular complexity index is 983. The molecule has 1 atom stereocenters. The molecule has 2 aromatic rings. The normalized spacial score (nSPS) is 16.1. The molecule has 160 valence electrons. The number of sulfonamides is 1. The van der Waals surface area contributed by atoms with Gasteiger partial charge in [0.05, 0.1) is 4.90 Å². The molecular formula is C22H27N3O4S. The number of nitrogens with zero attached hydrogens (tertiary/aromatic N) is 1. The zero-order chi connectivity index (χ0) is 21.7. The van der Waals surface area contributed by atoms with Gasteiger partial charge in [0.15, 0.2) is 0 Å². The highest BCUT2D eigenvalue weighted by molar-refractivity contribution is 7.89. The van der Waals surface area contributed by atoms with Crippen LogP contribution in [0.15, 0.2) is 59.5 Å². The lowest BCUT2D eigenvalue weighted by molar-refractivity contribution is -0.134. The van der Waals surface area contributed by atoms with Crippen molar-refractivity contribution in [3.8, 4) is 0 Å². The summed E-state index contributed by atoms with van der Waals surface area (Å²) in [6.07, 6.45) is 1.66. The van der Waals surface area contributed by atoms with Crippen LogP contribution in [0, 0.1) is 5.92 Å². The van der Waals surface area contributed by atoms with Gasteiger partial charge in [0.25, 0.3) is 0 Å². The minimum Gasteiger partial charge on any atom is -0.343 e. The molecule has 2 amide bonds. The van der Waals surface area contributed by atoms with Crippen molar-refractivity contribution in [1.29, 1.82) is 0 Å². The number of anilines is 1. The van der Waals surface area contributed by atoms with E-state index >= 15 is 0 Å². The van der Waals surface area contributed by atoms with Gasteiger partial charge in [-0.1, -0.05) is 37.3 Å². The van der Waals surface area contributed by atoms with Crippen LogP contribution in [0.4, 0.5) is 5.69 Å². The minimum atomic E-state index is -3.76. The number of rotatable bonds is 6. The summed E-state index contributed by atoms with van der Waals surface area (Å²) < 4.78 is 22.6. The fourth-order valence-corrected chi connectivity index (χ4v) is 4.17. The molecule has 7 nitrogen and oxygen atoms in total. The highest BCUT2D eigenvalue weighted by atomic mass is 32.2. The molecule has 0 aliphatic carbocycles. The maximum Gasteiger partial charge on any atom is 0.238 e. The van der Waals surface area contributed by atoms with Crippen LogP contribution in [0.25, 0.3) is 0 Å². The van der Waals surface area contributed by atoms with Gasteiger partial charge in [0, 0.05) is 31.1 Å². The fraction of sp³-hybridized carbons (Fsp3) is 0.364. The predicted octanol–water partition coefficient (Wildman–Crippen LogP) is 2.70. The monoisotopic (exact) mass is 429 g/mol. The van der Waals surface area contributed by atoms with Gasteiger partial charge in [0.2, 0.25) is 21.8 Å². The lowest BCUT2D eigenvalue weighted by atomic mass is 9.93. The number of hydrogen-bond donors (Lipinski definition) is 2. The van der Waals surface area contributed by atoms with Crippen molar-refractivity contribution in [3.63, 3.8) is 0 Å². The van der Waals surface area contributed by atoms with Crippen LogP contribution in [-0.4, -0.2) is 38.2 Å². The molecule has 1 fully saturated rings. The van der Waals surface area contributed by atoms with Crippen LogP contribution in [0.3, 0.4) is 0 Å². The summed E-state index contributed by atoms with van der Waals surface area (Å²) in [6.45, 7) is 3.17. The molecule has 1 aliphatic heterocycles. The van der Waals surface area contributed by atoms with E-state index in [-0.39, 0.29) is 28.5 Å². The van der Waals surface area contributed by atoms with Gasteiger partial charge in [-0.05, 0) is 48.6 Å². The van der Waals surface area contributed by atoms with Crippen LogP contribution in [-0.2, 0) is 19.6 Å². The third-order valence-electron chi connectivity index (χ3n) is 5.52. The molecule has 8 heteroatoms. The van der Waals surface area contributed by atoms with E-state index in [1.165, 1.54) is 24.3 Å². The van der Waals surface area contributed by atoms with Gasteiger partial charge in [-0.2, -0.15) is 0 Å². The zero-order valence-electron chi connectivity index (χ0n) is 17.0. The molecule has 1 aliphatic rings. The summed E-state index contributed by atoms with van der Waals surface area (Å²) in [5.41, 5.74) is 1.66. The number of benzene rings is 2. The highest BCUT2D eigenvalue weighted by Gasteiger charge is 2.28. The van der Waals surface area contributed by atoms with E-state index in [1.807, 2.05) is 35.2 Å². The third kappa shape index (κ3) is 5.67. The number of nitrogens with two attached hydrogens (primary N) is 1. The summed E-state index contributed by atoms with van der Waals surface area (Å²) in [5.74, 6) is -0.0366. The van der Waals surface area contributed by atoms with Gasteiger partial charge in [-0.25, -0.2) is 13.6 Å². The Morgan fingerprint density at radius 3 is 2.23 bits per heavy atom. The third-order valence-corrected chi connectivity index (χ3v) is 6.45. The summed E-state index contributed by atoms with van der Waals surface area (Å²) in [6, 6.07) is 15.7. The smallest absolute Gasteiger partial charge is 0.238 e. The quantitative estimate of drug-likeness (QED) is 0.736. The second-order valence-corrected chi connectivity index (χ2v) is 9.29. The Hall–Kier alpha value is -2.71. The van der Waals surface area contributed by atoms with E-state index in [4.69, 9.17) is 5.14 Å². The first-order chi connectivity index (χ1) is 14.2. The standard InChI is InChI=1S/C22H27N3O4S/c1-16(17-5-3-2-4-6-17)15-21(26)25-13-11-18(12-14-25)22(27)24-19-7-9-20(10-8-19)30(23,28)29/h2-10,16,18H,11-15H2,1H3,(H,24,27)(H2,23,28,29). The SMILES string of the molecule is CC(CC(=O)N1CCC(C(=O)Nc2ccc(S(N)(=O)=O)cc2)CC1)c1ccccc1. The van der Waals surface area contributed by atoms with E-state index in [9.17, 15) is 18.0 Å². The molecule has 0 spiro atoms. The van der Waals surface area contributed by atoms with Crippen LogP contribution in [0.5, 0.6) is 0 Å². The first-order valence-corrected chi connectivity index (χ1v) is 11.5. The lowest BCUT2D eigenvalue weighted by Crippen LogP contribution is -2.41. The molecule has 3 rings (SSSR count). The predicted molar refractivity (Wildman–Crippen MR) is 115 cm³/mol. The molecule has 1 unspecified atom stereocenters. The maximum atomic E-state index is 12.6. The molecule has 1 saturated heterocycles. The molecule has 2 aromatic carbocycles. The number of carbonyl (C=O) groups excluding carboxylic acids is 2. The largest absolute Gasteiger partial charge is 0.343 e. The van der Waals surface area contributed by atoms with Gasteiger partial charge in [0.1, 0.15) is 0 Å². The number of piperidine rings is 1. The van der Waals surface area contributed by atoms with E-state index in [0.717, 1.165) is 5.56 Å². The molecular weight excluding hydrogens is 402 g/mol. The van der Waals surface area contributed by atoms with Crippen molar-refractivity contribution < 1.29 is 18.0 Å². The van der Waals surface area contributed by atoms with Crippen molar-refractivity contribution in [3.05, 3.63) is 60.2 Å². The Kier molecular flexibility index (Phi) is 6.89. The molecule has 0 radical (unpaired) electrons. The molecule has 0 aromatic heterocycles. The van der Waals surface area contributed by atoms with Crippen molar-refractivity contribution in [2.24, 2.45) is 11.1 Å². The topological polar surface area (TPSA) is 110 Å². The number of amides is 2. The van der Waals surface area contributed by atoms with E-state index < -0.39 is 10.0 Å². The fourth-order valence-electron chi connectivity index (χ4n) is 3.65. The van der Waals surface area contributed by atoms with Crippen molar-refractivity contribution in [1.82, 2.24) is 4.90 Å². The summed E-state index contributed by atoms with van der Waals surface area (Å²) in [4.78, 5) is 27.0. The van der Waals surface area contributed by atoms with E-state index in [2.05, 4.69) is 12.2 Å². The molecule has 3 N–H and O–H groups in total. The Morgan fingerprint density at radius 2 is 1.67 bits per heavy atom. The maximum absolute atomic E-state index is 12.6. The second kappa shape index (κ2) is 9.40. The van der Waals surface area contributed by atoms with Crippen LogP contribution < -0.4 is 10.5 Å². The van der Waals surface area contributed by atoms with Gasteiger partial charge in [-0.3, -0.25) is 9.59 Å². The van der Waals surface area contributed by atoms with Crippen LogP contribution in [0.2, 0.25) is 0 Å². The average Bonchev–Trinajstić information content (AvgIpc) is 2.74. The number of likely N-dealkylation sites (tertiary alicyclic amines) is 1. The number of primary sulfonamides is 1. The molecule has 30 heavy (non-hydrogen) atoms. The Morgan fingerprint density at radius 1 is 1.07 bits per heavy atom. The highest BCUT2D eigenvalue weighted by Crippen LogP contribution is 2.24. The molecule has 0 bridgehead atoms. The Labute approximate surface area is 177 Å².